The van der Waals surface area contributed by atoms with E-state index in [2.05, 4.69) is 21.7 Å². The average molecular weight is 317 g/mol. The monoisotopic (exact) mass is 317 g/mol. The van der Waals surface area contributed by atoms with E-state index >= 15 is 0 Å². The van der Waals surface area contributed by atoms with Crippen LogP contribution in [0.15, 0.2) is 23.7 Å². The van der Waals surface area contributed by atoms with Crippen LogP contribution in [0, 0.1) is 0 Å². The van der Waals surface area contributed by atoms with Gasteiger partial charge in [0.25, 0.3) is 0 Å². The normalized spacial score (nSPS) is 28.0. The van der Waals surface area contributed by atoms with Crippen molar-refractivity contribution in [3.8, 4) is 0 Å². The van der Waals surface area contributed by atoms with Gasteiger partial charge in [0.1, 0.15) is 0 Å². The predicted octanol–water partition coefficient (Wildman–Crippen LogP) is 2.98. The minimum Gasteiger partial charge on any atom is -0.373 e. The Morgan fingerprint density at radius 1 is 1.45 bits per heavy atom. The summed E-state index contributed by atoms with van der Waals surface area (Å²) in [5.74, 6) is 0. The maximum absolute atomic E-state index is 12.2. The Kier molecular flexibility index (Phi) is 3.50. The standard InChI is InChI=1S/C16H19N3O2S/c1-9(10-2-4-12-15(6-10)22-8-17-12)18-16(20)19-13-7-11-3-5-14(13)21-11/h2,4,6,8-9,11,13-14H,3,5,7H2,1H3,(H2,18,19,20)/t9?,11-,13+,14+/m0/s1. The van der Waals surface area contributed by atoms with Gasteiger partial charge in [-0.2, -0.15) is 0 Å². The lowest BCUT2D eigenvalue weighted by Crippen LogP contribution is -2.46. The smallest absolute Gasteiger partial charge is 0.315 e. The molecule has 1 aromatic carbocycles. The highest BCUT2D eigenvalue weighted by molar-refractivity contribution is 7.16. The first-order valence-electron chi connectivity index (χ1n) is 7.74. The Morgan fingerprint density at radius 3 is 3.14 bits per heavy atom. The van der Waals surface area contributed by atoms with E-state index in [0.717, 1.165) is 35.0 Å². The third-order valence-electron chi connectivity index (χ3n) is 4.63. The third-order valence-corrected chi connectivity index (χ3v) is 5.42. The molecule has 2 fully saturated rings. The Balaban J connectivity index is 1.38. The summed E-state index contributed by atoms with van der Waals surface area (Å²) in [6, 6.07) is 6.13. The molecule has 6 heteroatoms. The number of carbonyl (C=O) groups excluding carboxylic acids is 1. The molecule has 2 amide bonds. The number of fused-ring (bicyclic) bond motifs is 3. The quantitative estimate of drug-likeness (QED) is 0.915. The number of ether oxygens (including phenoxy) is 1. The maximum atomic E-state index is 12.2. The molecular formula is C16H19N3O2S. The van der Waals surface area contributed by atoms with Crippen molar-refractivity contribution in [3.63, 3.8) is 0 Å². The third kappa shape index (κ3) is 2.57. The van der Waals surface area contributed by atoms with Crippen molar-refractivity contribution in [3.05, 3.63) is 29.3 Å². The van der Waals surface area contributed by atoms with Crippen LogP contribution in [0.3, 0.4) is 0 Å². The Labute approximate surface area is 133 Å². The molecule has 22 heavy (non-hydrogen) atoms. The SMILES string of the molecule is CC(NC(=O)N[C@@H]1C[C@@H]2CC[C@H]1O2)c1ccc2ncsc2c1. The highest BCUT2D eigenvalue weighted by atomic mass is 32.1. The first kappa shape index (κ1) is 14.0. The molecule has 0 saturated carbocycles. The van der Waals surface area contributed by atoms with Crippen molar-refractivity contribution in [2.75, 3.05) is 0 Å². The van der Waals surface area contributed by atoms with Gasteiger partial charge in [-0.1, -0.05) is 6.07 Å². The lowest BCUT2D eigenvalue weighted by Gasteiger charge is -2.22. The molecular weight excluding hydrogens is 298 g/mol. The Morgan fingerprint density at radius 2 is 2.36 bits per heavy atom. The average Bonchev–Trinajstić information content (AvgIpc) is 3.22. The van der Waals surface area contributed by atoms with Gasteiger partial charge in [0.05, 0.1) is 40.0 Å². The lowest BCUT2D eigenvalue weighted by atomic mass is 9.96. The first-order chi connectivity index (χ1) is 10.7. The van der Waals surface area contributed by atoms with Crippen molar-refractivity contribution < 1.29 is 9.53 Å². The van der Waals surface area contributed by atoms with Gasteiger partial charge in [0, 0.05) is 0 Å². The van der Waals surface area contributed by atoms with E-state index in [1.54, 1.807) is 11.3 Å². The largest absolute Gasteiger partial charge is 0.373 e. The van der Waals surface area contributed by atoms with E-state index in [1.807, 2.05) is 24.6 Å². The van der Waals surface area contributed by atoms with Crippen LogP contribution in [0.1, 0.15) is 37.8 Å². The van der Waals surface area contributed by atoms with Gasteiger partial charge in [-0.15, -0.1) is 11.3 Å². The van der Waals surface area contributed by atoms with E-state index in [9.17, 15) is 4.79 Å². The van der Waals surface area contributed by atoms with Gasteiger partial charge in [0.2, 0.25) is 0 Å². The molecule has 116 valence electrons. The van der Waals surface area contributed by atoms with Crippen molar-refractivity contribution >= 4 is 27.6 Å². The molecule has 3 heterocycles. The molecule has 2 aliphatic rings. The highest BCUT2D eigenvalue weighted by Crippen LogP contribution is 2.34. The molecule has 2 saturated heterocycles. The van der Waals surface area contributed by atoms with Crippen molar-refractivity contribution in [1.82, 2.24) is 15.6 Å². The zero-order valence-corrected chi connectivity index (χ0v) is 13.2. The minimum atomic E-state index is -0.113. The zero-order valence-electron chi connectivity index (χ0n) is 12.4. The van der Waals surface area contributed by atoms with E-state index in [-0.39, 0.29) is 24.2 Å². The van der Waals surface area contributed by atoms with Gasteiger partial charge in [-0.25, -0.2) is 9.78 Å². The summed E-state index contributed by atoms with van der Waals surface area (Å²) in [5.41, 5.74) is 3.94. The number of hydrogen-bond donors (Lipinski definition) is 2. The number of nitrogens with one attached hydrogen (secondary N) is 2. The second-order valence-electron chi connectivity index (χ2n) is 6.14. The topological polar surface area (TPSA) is 63.2 Å². The maximum Gasteiger partial charge on any atom is 0.315 e. The lowest BCUT2D eigenvalue weighted by molar-refractivity contribution is 0.0980. The van der Waals surface area contributed by atoms with Gasteiger partial charge in [0.15, 0.2) is 0 Å². The van der Waals surface area contributed by atoms with Crippen LogP contribution >= 0.6 is 11.3 Å². The van der Waals surface area contributed by atoms with Crippen molar-refractivity contribution in [2.24, 2.45) is 0 Å². The van der Waals surface area contributed by atoms with Gasteiger partial charge in [-0.05, 0) is 43.9 Å². The number of urea groups is 1. The number of hydrogen-bond acceptors (Lipinski definition) is 4. The van der Waals surface area contributed by atoms with Crippen LogP contribution in [0.5, 0.6) is 0 Å². The minimum absolute atomic E-state index is 0.0361. The fourth-order valence-electron chi connectivity index (χ4n) is 3.42. The second kappa shape index (κ2) is 5.52. The fraction of sp³-hybridized carbons (Fsp3) is 0.500. The van der Waals surface area contributed by atoms with Crippen LogP contribution < -0.4 is 10.6 Å². The molecule has 4 rings (SSSR count). The van der Waals surface area contributed by atoms with Gasteiger partial charge >= 0.3 is 6.03 Å². The molecule has 0 radical (unpaired) electrons. The molecule has 2 N–H and O–H groups in total. The number of rotatable bonds is 3. The number of nitrogens with zero attached hydrogens (tertiary/aromatic N) is 1. The molecule has 0 spiro atoms. The predicted molar refractivity (Wildman–Crippen MR) is 86.0 cm³/mol. The fourth-order valence-corrected chi connectivity index (χ4v) is 4.15. The second-order valence-corrected chi connectivity index (χ2v) is 7.02. The zero-order chi connectivity index (χ0) is 15.1. The summed E-state index contributed by atoms with van der Waals surface area (Å²) < 4.78 is 6.91. The summed E-state index contributed by atoms with van der Waals surface area (Å²) >= 11 is 1.62. The number of amides is 2. The summed E-state index contributed by atoms with van der Waals surface area (Å²) in [6.07, 6.45) is 3.70. The molecule has 2 aromatic rings. The molecule has 1 unspecified atom stereocenters. The van der Waals surface area contributed by atoms with Gasteiger partial charge in [-0.3, -0.25) is 0 Å². The molecule has 4 atom stereocenters. The van der Waals surface area contributed by atoms with Crippen LogP contribution in [-0.4, -0.2) is 29.3 Å². The number of benzene rings is 1. The first-order valence-corrected chi connectivity index (χ1v) is 8.62. The molecule has 1 aromatic heterocycles. The summed E-state index contributed by atoms with van der Waals surface area (Å²) in [5, 5.41) is 6.08. The number of carbonyl (C=O) groups is 1. The highest BCUT2D eigenvalue weighted by Gasteiger charge is 2.41. The van der Waals surface area contributed by atoms with Crippen LogP contribution in [0.25, 0.3) is 10.2 Å². The van der Waals surface area contributed by atoms with Crippen molar-refractivity contribution in [2.45, 2.75) is 50.5 Å². The number of thiazole rings is 1. The molecule has 2 bridgehead atoms. The van der Waals surface area contributed by atoms with Crippen LogP contribution in [0.2, 0.25) is 0 Å². The van der Waals surface area contributed by atoms with E-state index in [1.165, 1.54) is 0 Å². The molecule has 2 aliphatic heterocycles. The van der Waals surface area contributed by atoms with Crippen LogP contribution in [-0.2, 0) is 4.74 Å². The Hall–Kier alpha value is -1.66. The number of aromatic nitrogens is 1. The van der Waals surface area contributed by atoms with E-state index < -0.39 is 0 Å². The van der Waals surface area contributed by atoms with E-state index in [4.69, 9.17) is 4.74 Å². The van der Waals surface area contributed by atoms with Gasteiger partial charge < -0.3 is 15.4 Å². The molecule has 0 aliphatic carbocycles. The summed E-state index contributed by atoms with van der Waals surface area (Å²) in [7, 11) is 0. The summed E-state index contributed by atoms with van der Waals surface area (Å²) in [4.78, 5) is 16.5. The molecule has 5 nitrogen and oxygen atoms in total. The van der Waals surface area contributed by atoms with Crippen molar-refractivity contribution in [1.29, 1.82) is 0 Å². The van der Waals surface area contributed by atoms with Crippen LogP contribution in [0.4, 0.5) is 4.79 Å². The van der Waals surface area contributed by atoms with E-state index in [0.29, 0.717) is 6.10 Å². The summed E-state index contributed by atoms with van der Waals surface area (Å²) in [6.45, 7) is 2.00. The Bertz CT molecular complexity index is 702.